The predicted molar refractivity (Wildman–Crippen MR) is 90.4 cm³/mol. The zero-order valence-electron chi connectivity index (χ0n) is 12.4. The molecule has 0 aliphatic heterocycles. The number of benzene rings is 1. The maximum absolute atomic E-state index is 11.4. The topological polar surface area (TPSA) is 98.1 Å². The van der Waals surface area contributed by atoms with Gasteiger partial charge in [-0.3, -0.25) is 4.79 Å². The zero-order valence-corrected chi connectivity index (χ0v) is 13.2. The van der Waals surface area contributed by atoms with Gasteiger partial charge < -0.3 is 15.5 Å². The van der Waals surface area contributed by atoms with Gasteiger partial charge in [-0.2, -0.15) is 0 Å². The third-order valence-electron chi connectivity index (χ3n) is 2.78. The maximum atomic E-state index is 11.4. The van der Waals surface area contributed by atoms with Crippen LogP contribution in [0.2, 0.25) is 0 Å². The number of carbonyl (C=O) groups is 1. The normalized spacial score (nSPS) is 9.61. The number of nitrogens with zero attached hydrogens (tertiary/aromatic N) is 1. The van der Waals surface area contributed by atoms with E-state index in [0.717, 1.165) is 10.4 Å². The summed E-state index contributed by atoms with van der Waals surface area (Å²) in [6.45, 7) is 0. The minimum atomic E-state index is -0.385. The predicted octanol–water partition coefficient (Wildman–Crippen LogP) is 2.55. The molecule has 0 fully saturated rings. The number of H-pyrrole nitrogens is 1. The maximum Gasteiger partial charge on any atom is 0.350 e. The molecule has 0 unspecified atom stereocenters. The summed E-state index contributed by atoms with van der Waals surface area (Å²) >= 11 is 1.35. The Morgan fingerprint density at radius 1 is 1.26 bits per heavy atom. The van der Waals surface area contributed by atoms with E-state index in [4.69, 9.17) is 5.73 Å². The number of hydrogen-bond acceptors (Lipinski definition) is 6. The molecular weight excluding hydrogens is 314 g/mol. The Hall–Kier alpha value is -2.93. The molecule has 0 atom stereocenters. The lowest BCUT2D eigenvalue weighted by atomic mass is 10.2. The summed E-state index contributed by atoms with van der Waals surface area (Å²) in [5.41, 5.74) is 7.17. The average molecular weight is 329 g/mol. The van der Waals surface area contributed by atoms with Crippen LogP contribution < -0.4 is 11.3 Å². The van der Waals surface area contributed by atoms with Gasteiger partial charge in [0.25, 0.3) is 5.56 Å². The van der Waals surface area contributed by atoms with E-state index < -0.39 is 0 Å². The van der Waals surface area contributed by atoms with Crippen LogP contribution in [0.1, 0.15) is 9.67 Å². The van der Waals surface area contributed by atoms with E-state index in [1.165, 1.54) is 37.0 Å². The Labute approximate surface area is 136 Å². The molecule has 118 valence electrons. The lowest BCUT2D eigenvalue weighted by Crippen LogP contribution is -2.00. The van der Waals surface area contributed by atoms with Crippen molar-refractivity contribution in [2.45, 2.75) is 0 Å². The van der Waals surface area contributed by atoms with Crippen molar-refractivity contribution in [3.8, 4) is 10.4 Å². The van der Waals surface area contributed by atoms with Crippen molar-refractivity contribution in [3.05, 3.63) is 70.2 Å². The number of nitrogen functional groups attached to an aromatic ring is 1. The van der Waals surface area contributed by atoms with Crippen molar-refractivity contribution >= 4 is 23.0 Å². The third kappa shape index (κ3) is 4.52. The van der Waals surface area contributed by atoms with Crippen LogP contribution in [-0.2, 0) is 4.74 Å². The number of anilines is 1. The van der Waals surface area contributed by atoms with Crippen LogP contribution in [-0.4, -0.2) is 23.0 Å². The zero-order chi connectivity index (χ0) is 16.7. The van der Waals surface area contributed by atoms with E-state index >= 15 is 0 Å². The van der Waals surface area contributed by atoms with Crippen molar-refractivity contribution in [2.24, 2.45) is 0 Å². The molecule has 0 aliphatic rings. The van der Waals surface area contributed by atoms with Crippen LogP contribution in [0.3, 0.4) is 0 Å². The number of rotatable bonds is 2. The number of carbonyl (C=O) groups excluding carboxylic acids is 1. The molecule has 0 saturated carbocycles. The molecular formula is C16H15N3O3S. The highest BCUT2D eigenvalue weighted by molar-refractivity contribution is 7.18. The lowest BCUT2D eigenvalue weighted by Gasteiger charge is -1.95. The quantitative estimate of drug-likeness (QED) is 0.704. The Bertz CT molecular complexity index is 810. The molecule has 2 aromatic heterocycles. The number of ether oxygens (including phenoxy) is 1. The first kappa shape index (κ1) is 16.4. The van der Waals surface area contributed by atoms with Gasteiger partial charge in [0.1, 0.15) is 4.88 Å². The second-order valence-electron chi connectivity index (χ2n) is 4.36. The molecule has 0 amide bonds. The molecule has 3 aromatic rings. The molecule has 2 heterocycles. The van der Waals surface area contributed by atoms with Crippen LogP contribution in [0.25, 0.3) is 10.4 Å². The largest absolute Gasteiger partial charge is 0.465 e. The first-order valence-electron chi connectivity index (χ1n) is 6.63. The second-order valence-corrected chi connectivity index (χ2v) is 5.41. The van der Waals surface area contributed by atoms with E-state index in [-0.39, 0.29) is 11.5 Å². The molecule has 23 heavy (non-hydrogen) atoms. The van der Waals surface area contributed by atoms with Gasteiger partial charge in [-0.25, -0.2) is 9.78 Å². The molecule has 6 nitrogen and oxygen atoms in total. The van der Waals surface area contributed by atoms with Gasteiger partial charge in [0.05, 0.1) is 19.1 Å². The van der Waals surface area contributed by atoms with Crippen LogP contribution >= 0.6 is 11.3 Å². The number of methoxy groups -OCH3 is 1. The monoisotopic (exact) mass is 329 g/mol. The summed E-state index contributed by atoms with van der Waals surface area (Å²) in [4.78, 5) is 28.9. The molecule has 0 saturated heterocycles. The summed E-state index contributed by atoms with van der Waals surface area (Å²) in [6.07, 6.45) is 2.79. The van der Waals surface area contributed by atoms with Crippen LogP contribution in [0.4, 0.5) is 5.69 Å². The highest BCUT2D eigenvalue weighted by atomic mass is 32.1. The van der Waals surface area contributed by atoms with E-state index in [0.29, 0.717) is 10.6 Å². The highest BCUT2D eigenvalue weighted by Crippen LogP contribution is 2.33. The van der Waals surface area contributed by atoms with Gasteiger partial charge in [-0.05, 0) is 11.6 Å². The minimum absolute atomic E-state index is 0.116. The third-order valence-corrected chi connectivity index (χ3v) is 3.96. The molecule has 0 radical (unpaired) electrons. The van der Waals surface area contributed by atoms with Crippen LogP contribution in [0.5, 0.6) is 0 Å². The molecule has 1 aromatic carbocycles. The van der Waals surface area contributed by atoms with Crippen molar-refractivity contribution in [3.63, 3.8) is 0 Å². The molecule has 0 bridgehead atoms. The summed E-state index contributed by atoms with van der Waals surface area (Å²) in [6, 6.07) is 13.0. The average Bonchev–Trinajstić information content (AvgIpc) is 2.98. The number of hydrogen-bond donors (Lipinski definition) is 2. The van der Waals surface area contributed by atoms with Gasteiger partial charge in [-0.15, -0.1) is 11.3 Å². The Kier molecular flexibility index (Phi) is 5.65. The standard InChI is InChI=1S/C12H11NO2S.C4H4N2O/c1-15-12(14)11-9(13)7-10(16-11)8-5-3-2-4-6-8;7-4-1-2-5-3-6-4/h2-7H,13H2,1H3;1-3H,(H,5,6,7). The Balaban J connectivity index is 0.000000229. The van der Waals surface area contributed by atoms with E-state index in [9.17, 15) is 9.59 Å². The summed E-state index contributed by atoms with van der Waals surface area (Å²) in [5, 5.41) is 0. The van der Waals surface area contributed by atoms with E-state index in [1.807, 2.05) is 30.3 Å². The van der Waals surface area contributed by atoms with Gasteiger partial charge in [-0.1, -0.05) is 30.3 Å². The second kappa shape index (κ2) is 7.90. The van der Waals surface area contributed by atoms with Gasteiger partial charge in [0.2, 0.25) is 0 Å². The number of nitrogens with one attached hydrogen (secondary N) is 1. The fourth-order valence-corrected chi connectivity index (χ4v) is 2.71. The van der Waals surface area contributed by atoms with Crippen LogP contribution in [0, 0.1) is 0 Å². The van der Waals surface area contributed by atoms with Crippen molar-refractivity contribution < 1.29 is 9.53 Å². The number of aromatic amines is 1. The Morgan fingerprint density at radius 2 is 2.00 bits per heavy atom. The summed E-state index contributed by atoms with van der Waals surface area (Å²) in [7, 11) is 1.35. The highest BCUT2D eigenvalue weighted by Gasteiger charge is 2.15. The molecule has 7 heteroatoms. The fraction of sp³-hybridized carbons (Fsp3) is 0.0625. The molecule has 3 N–H and O–H groups in total. The van der Waals surface area contributed by atoms with Gasteiger partial charge in [0, 0.05) is 17.1 Å². The molecule has 0 aliphatic carbocycles. The van der Waals surface area contributed by atoms with E-state index in [1.54, 1.807) is 6.07 Å². The van der Waals surface area contributed by atoms with Gasteiger partial charge >= 0.3 is 5.97 Å². The van der Waals surface area contributed by atoms with Crippen molar-refractivity contribution in [1.29, 1.82) is 0 Å². The van der Waals surface area contributed by atoms with Crippen molar-refractivity contribution in [2.75, 3.05) is 12.8 Å². The summed E-state index contributed by atoms with van der Waals surface area (Å²) < 4.78 is 4.66. The lowest BCUT2D eigenvalue weighted by molar-refractivity contribution is 0.0607. The molecule has 0 spiro atoms. The number of thiophene rings is 1. The van der Waals surface area contributed by atoms with Crippen LogP contribution in [0.15, 0.2) is 59.8 Å². The first-order chi connectivity index (χ1) is 11.1. The molecule has 3 rings (SSSR count). The first-order valence-corrected chi connectivity index (χ1v) is 7.45. The van der Waals surface area contributed by atoms with Gasteiger partial charge in [0.15, 0.2) is 0 Å². The fourth-order valence-electron chi connectivity index (χ4n) is 1.70. The smallest absolute Gasteiger partial charge is 0.350 e. The minimum Gasteiger partial charge on any atom is -0.465 e. The Morgan fingerprint density at radius 3 is 2.52 bits per heavy atom. The van der Waals surface area contributed by atoms with Crippen molar-refractivity contribution in [1.82, 2.24) is 9.97 Å². The van der Waals surface area contributed by atoms with E-state index in [2.05, 4.69) is 14.7 Å². The summed E-state index contributed by atoms with van der Waals surface area (Å²) in [5.74, 6) is -0.385. The SMILES string of the molecule is COC(=O)c1sc(-c2ccccc2)cc1N.O=c1ccnc[nH]1. The number of esters is 1. The number of nitrogens with two attached hydrogens (primary N) is 1. The number of aromatic nitrogens is 2.